The van der Waals surface area contributed by atoms with E-state index in [2.05, 4.69) is 15.9 Å². The van der Waals surface area contributed by atoms with Gasteiger partial charge in [0.05, 0.1) is 4.92 Å². The van der Waals surface area contributed by atoms with Gasteiger partial charge in [-0.2, -0.15) is 0 Å². The Hall–Kier alpha value is -1.88. The molecule has 0 aliphatic rings. The van der Waals surface area contributed by atoms with Gasteiger partial charge in [0.15, 0.2) is 0 Å². The van der Waals surface area contributed by atoms with Gasteiger partial charge in [0, 0.05) is 16.6 Å². The maximum absolute atomic E-state index is 10.5. The zero-order chi connectivity index (χ0) is 12.3. The Morgan fingerprint density at radius 2 is 1.76 bits per heavy atom. The van der Waals surface area contributed by atoms with Crippen LogP contribution in [0.3, 0.4) is 0 Å². The van der Waals surface area contributed by atoms with E-state index in [1.54, 1.807) is 12.1 Å². The van der Waals surface area contributed by atoms with Crippen LogP contribution in [-0.4, -0.2) is 4.92 Å². The summed E-state index contributed by atoms with van der Waals surface area (Å²) >= 11 is 3.34. The van der Waals surface area contributed by atoms with Gasteiger partial charge < -0.3 is 4.74 Å². The average molecular weight is 294 g/mol. The van der Waals surface area contributed by atoms with E-state index in [1.165, 1.54) is 12.1 Å². The SMILES string of the molecule is O=[N+]([O-])c1ccc(Oc2cccc(Br)c2)cc1. The fourth-order valence-corrected chi connectivity index (χ4v) is 1.68. The molecule has 2 aromatic rings. The first-order valence-corrected chi connectivity index (χ1v) is 5.62. The first-order chi connectivity index (χ1) is 8.15. The molecule has 2 aromatic carbocycles. The summed E-state index contributed by atoms with van der Waals surface area (Å²) in [5.74, 6) is 1.24. The first kappa shape index (κ1) is 11.6. The van der Waals surface area contributed by atoms with Crippen molar-refractivity contribution in [3.63, 3.8) is 0 Å². The lowest BCUT2D eigenvalue weighted by atomic mass is 10.3. The number of hydrogen-bond donors (Lipinski definition) is 0. The van der Waals surface area contributed by atoms with Crippen molar-refractivity contribution in [1.82, 2.24) is 0 Å². The molecule has 0 aliphatic carbocycles. The lowest BCUT2D eigenvalue weighted by Gasteiger charge is -2.05. The fraction of sp³-hybridized carbons (Fsp3) is 0. The lowest BCUT2D eigenvalue weighted by Crippen LogP contribution is -1.88. The summed E-state index contributed by atoms with van der Waals surface area (Å²) < 4.78 is 6.46. The fourth-order valence-electron chi connectivity index (χ4n) is 1.30. The standard InChI is InChI=1S/C12H8BrNO3/c13-9-2-1-3-12(8-9)17-11-6-4-10(5-7-11)14(15)16/h1-8H. The Bertz CT molecular complexity index is 540. The van der Waals surface area contributed by atoms with Crippen molar-refractivity contribution in [1.29, 1.82) is 0 Å². The van der Waals surface area contributed by atoms with Crippen LogP contribution in [0.25, 0.3) is 0 Å². The highest BCUT2D eigenvalue weighted by atomic mass is 79.9. The monoisotopic (exact) mass is 293 g/mol. The first-order valence-electron chi connectivity index (χ1n) is 4.83. The Morgan fingerprint density at radius 3 is 2.35 bits per heavy atom. The lowest BCUT2D eigenvalue weighted by molar-refractivity contribution is -0.384. The molecule has 4 nitrogen and oxygen atoms in total. The Morgan fingerprint density at radius 1 is 1.06 bits per heavy atom. The minimum Gasteiger partial charge on any atom is -0.457 e. The van der Waals surface area contributed by atoms with Crippen LogP contribution < -0.4 is 4.74 Å². The minimum absolute atomic E-state index is 0.0478. The van der Waals surface area contributed by atoms with Gasteiger partial charge in [0.1, 0.15) is 11.5 Å². The van der Waals surface area contributed by atoms with Gasteiger partial charge in [0.25, 0.3) is 5.69 Å². The molecule has 0 bridgehead atoms. The molecule has 0 saturated heterocycles. The summed E-state index contributed by atoms with van der Waals surface area (Å²) in [5.41, 5.74) is 0.0478. The predicted octanol–water partition coefficient (Wildman–Crippen LogP) is 4.15. The summed E-state index contributed by atoms with van der Waals surface area (Å²) in [7, 11) is 0. The molecule has 0 radical (unpaired) electrons. The number of nitrogens with zero attached hydrogens (tertiary/aromatic N) is 1. The molecule has 0 aromatic heterocycles. The zero-order valence-electron chi connectivity index (χ0n) is 8.67. The summed E-state index contributed by atoms with van der Waals surface area (Å²) in [5, 5.41) is 10.5. The topological polar surface area (TPSA) is 52.4 Å². The molecular weight excluding hydrogens is 286 g/mol. The number of nitro groups is 1. The molecule has 5 heteroatoms. The number of non-ortho nitro benzene ring substituents is 1. The number of halogens is 1. The van der Waals surface area contributed by atoms with E-state index in [1.807, 2.05) is 24.3 Å². The molecule has 0 aliphatic heterocycles. The molecule has 0 spiro atoms. The van der Waals surface area contributed by atoms with E-state index < -0.39 is 4.92 Å². The van der Waals surface area contributed by atoms with Crippen LogP contribution >= 0.6 is 15.9 Å². The van der Waals surface area contributed by atoms with E-state index in [0.29, 0.717) is 11.5 Å². The van der Waals surface area contributed by atoms with E-state index in [9.17, 15) is 10.1 Å². The van der Waals surface area contributed by atoms with E-state index in [4.69, 9.17) is 4.74 Å². The summed E-state index contributed by atoms with van der Waals surface area (Å²) in [4.78, 5) is 10.0. The molecular formula is C12H8BrNO3. The van der Waals surface area contributed by atoms with Gasteiger partial charge in [-0.1, -0.05) is 22.0 Å². The highest BCUT2D eigenvalue weighted by Gasteiger charge is 2.04. The largest absolute Gasteiger partial charge is 0.457 e. The van der Waals surface area contributed by atoms with Gasteiger partial charge in [-0.15, -0.1) is 0 Å². The molecule has 0 heterocycles. The normalized spacial score (nSPS) is 9.94. The maximum atomic E-state index is 10.5. The van der Waals surface area contributed by atoms with Gasteiger partial charge in [0.2, 0.25) is 0 Å². The minimum atomic E-state index is -0.442. The molecule has 2 rings (SSSR count). The second-order valence-electron chi connectivity index (χ2n) is 3.31. The Labute approximate surface area is 106 Å². The average Bonchev–Trinajstić information content (AvgIpc) is 2.29. The van der Waals surface area contributed by atoms with Crippen LogP contribution in [0.4, 0.5) is 5.69 Å². The van der Waals surface area contributed by atoms with Gasteiger partial charge >= 0.3 is 0 Å². The van der Waals surface area contributed by atoms with Crippen molar-refractivity contribution < 1.29 is 9.66 Å². The maximum Gasteiger partial charge on any atom is 0.269 e. The quantitative estimate of drug-likeness (QED) is 0.631. The second kappa shape index (κ2) is 4.97. The zero-order valence-corrected chi connectivity index (χ0v) is 10.3. The van der Waals surface area contributed by atoms with Crippen LogP contribution in [0, 0.1) is 10.1 Å². The van der Waals surface area contributed by atoms with Crippen LogP contribution in [-0.2, 0) is 0 Å². The molecule has 0 unspecified atom stereocenters. The van der Waals surface area contributed by atoms with Crippen LogP contribution in [0.1, 0.15) is 0 Å². The number of nitro benzene ring substituents is 1. The Kier molecular flexibility index (Phi) is 3.39. The molecule has 0 saturated carbocycles. The molecule has 0 fully saturated rings. The molecule has 17 heavy (non-hydrogen) atoms. The second-order valence-corrected chi connectivity index (χ2v) is 4.23. The molecule has 0 amide bonds. The van der Waals surface area contributed by atoms with Crippen LogP contribution in [0.15, 0.2) is 53.0 Å². The van der Waals surface area contributed by atoms with Crippen molar-refractivity contribution in [3.8, 4) is 11.5 Å². The van der Waals surface area contributed by atoms with Crippen molar-refractivity contribution in [2.75, 3.05) is 0 Å². The van der Waals surface area contributed by atoms with Gasteiger partial charge in [-0.25, -0.2) is 0 Å². The number of rotatable bonds is 3. The summed E-state index contributed by atoms with van der Waals surface area (Å²) in [6, 6.07) is 13.3. The predicted molar refractivity (Wildman–Crippen MR) is 67.3 cm³/mol. The van der Waals surface area contributed by atoms with Crippen LogP contribution in [0.2, 0.25) is 0 Å². The number of ether oxygens (including phenoxy) is 1. The molecule has 0 atom stereocenters. The number of benzene rings is 2. The van der Waals surface area contributed by atoms with Gasteiger partial charge in [-0.05, 0) is 30.3 Å². The van der Waals surface area contributed by atoms with Gasteiger partial charge in [-0.3, -0.25) is 10.1 Å². The summed E-state index contributed by atoms with van der Waals surface area (Å²) in [6.07, 6.45) is 0. The third kappa shape index (κ3) is 3.04. The third-order valence-corrected chi connectivity index (χ3v) is 2.57. The van der Waals surface area contributed by atoms with E-state index in [-0.39, 0.29) is 5.69 Å². The van der Waals surface area contributed by atoms with Crippen molar-refractivity contribution >= 4 is 21.6 Å². The van der Waals surface area contributed by atoms with Crippen molar-refractivity contribution in [3.05, 3.63) is 63.1 Å². The van der Waals surface area contributed by atoms with Crippen molar-refractivity contribution in [2.24, 2.45) is 0 Å². The van der Waals surface area contributed by atoms with Crippen molar-refractivity contribution in [2.45, 2.75) is 0 Å². The Balaban J connectivity index is 2.16. The molecule has 86 valence electrons. The highest BCUT2D eigenvalue weighted by molar-refractivity contribution is 9.10. The van der Waals surface area contributed by atoms with E-state index >= 15 is 0 Å². The molecule has 0 N–H and O–H groups in total. The van der Waals surface area contributed by atoms with Crippen LogP contribution in [0.5, 0.6) is 11.5 Å². The summed E-state index contributed by atoms with van der Waals surface area (Å²) in [6.45, 7) is 0. The smallest absolute Gasteiger partial charge is 0.269 e. The number of hydrogen-bond acceptors (Lipinski definition) is 3. The third-order valence-electron chi connectivity index (χ3n) is 2.08. The highest BCUT2D eigenvalue weighted by Crippen LogP contribution is 2.25. The van der Waals surface area contributed by atoms with E-state index in [0.717, 1.165) is 4.47 Å².